The molecule has 2 atom stereocenters. The smallest absolute Gasteiger partial charge is 0.340 e. The van der Waals surface area contributed by atoms with Gasteiger partial charge in [0.2, 0.25) is 0 Å². The molecule has 2 aromatic heterocycles. The second kappa shape index (κ2) is 7.20. The minimum atomic E-state index is -1.51. The first-order valence-corrected chi connectivity index (χ1v) is 11.3. The second-order valence-corrected chi connectivity index (χ2v) is 9.18. The highest BCUT2D eigenvalue weighted by molar-refractivity contribution is 5.93. The molecule has 8 heteroatoms. The molecule has 1 aromatic carbocycles. The molecule has 0 spiro atoms. The van der Waals surface area contributed by atoms with E-state index >= 15 is 0 Å². The van der Waals surface area contributed by atoms with E-state index in [-0.39, 0.29) is 41.6 Å². The molecule has 0 amide bonds. The van der Waals surface area contributed by atoms with Crippen LogP contribution >= 0.6 is 0 Å². The molecule has 33 heavy (non-hydrogen) atoms. The van der Waals surface area contributed by atoms with Crippen molar-refractivity contribution in [2.24, 2.45) is 0 Å². The highest BCUT2D eigenvalue weighted by Gasteiger charge is 2.37. The van der Waals surface area contributed by atoms with Crippen molar-refractivity contribution in [2.45, 2.75) is 57.8 Å². The lowest BCUT2D eigenvalue weighted by Gasteiger charge is -2.29. The number of halogens is 1. The monoisotopic (exact) mass is 450 g/mol. The Bertz CT molecular complexity index is 1430. The van der Waals surface area contributed by atoms with Crippen LogP contribution in [0.4, 0.5) is 4.39 Å². The first-order chi connectivity index (χ1) is 15.9. The Balaban J connectivity index is 1.65. The van der Waals surface area contributed by atoms with Crippen LogP contribution in [0.25, 0.3) is 22.3 Å². The van der Waals surface area contributed by atoms with Crippen LogP contribution in [0.5, 0.6) is 0 Å². The van der Waals surface area contributed by atoms with E-state index < -0.39 is 12.1 Å². The van der Waals surface area contributed by atoms with Crippen molar-refractivity contribution in [3.05, 3.63) is 61.7 Å². The van der Waals surface area contributed by atoms with Crippen LogP contribution in [0, 0.1) is 12.7 Å². The highest BCUT2D eigenvalue weighted by atomic mass is 19.1. The van der Waals surface area contributed by atoms with E-state index in [1.165, 1.54) is 6.07 Å². The van der Waals surface area contributed by atoms with Crippen molar-refractivity contribution in [1.29, 1.82) is 0 Å². The van der Waals surface area contributed by atoms with Crippen LogP contribution in [-0.4, -0.2) is 32.3 Å². The number of cyclic esters (lactones) is 1. The van der Waals surface area contributed by atoms with Gasteiger partial charge in [-0.25, -0.2) is 14.2 Å². The van der Waals surface area contributed by atoms with Gasteiger partial charge in [-0.3, -0.25) is 4.79 Å². The zero-order valence-electron chi connectivity index (χ0n) is 18.2. The first kappa shape index (κ1) is 20.5. The number of carbonyl (C=O) groups is 1. The van der Waals surface area contributed by atoms with Crippen molar-refractivity contribution in [3.63, 3.8) is 0 Å². The summed E-state index contributed by atoms with van der Waals surface area (Å²) in [6.07, 6.45) is 1.52. The number of pyridine rings is 2. The van der Waals surface area contributed by atoms with Crippen LogP contribution in [0.2, 0.25) is 0 Å². The summed E-state index contributed by atoms with van der Waals surface area (Å²) in [6.45, 7) is 2.04. The molecule has 1 aliphatic carbocycles. The van der Waals surface area contributed by atoms with Gasteiger partial charge in [0.05, 0.1) is 29.0 Å². The standard InChI is InChI=1S/C25H23FN2O5/c1-11-13-5-4-12(3-2-6-29)20-15-9-28-19(22(15)27-18(21(13)20)8-17(11)26)7-14-16(24(28)31)10-33-25(32)23(14)30/h7-8,12,23,29-30H,2-6,9-10H2,1H3. The maximum Gasteiger partial charge on any atom is 0.340 e. The molecule has 3 aromatic rings. The average molecular weight is 450 g/mol. The maximum absolute atomic E-state index is 14.8. The number of carbonyl (C=O) groups excluding carboxylic acids is 1. The van der Waals surface area contributed by atoms with Crippen molar-refractivity contribution in [3.8, 4) is 11.4 Å². The number of aromatic nitrogens is 2. The fourth-order valence-electron chi connectivity index (χ4n) is 5.82. The van der Waals surface area contributed by atoms with Gasteiger partial charge in [-0.05, 0) is 61.3 Å². The Morgan fingerprint density at radius 2 is 2.06 bits per heavy atom. The molecular formula is C25H23FN2O5. The number of hydrogen-bond donors (Lipinski definition) is 2. The van der Waals surface area contributed by atoms with E-state index in [4.69, 9.17) is 9.72 Å². The van der Waals surface area contributed by atoms with Crippen molar-refractivity contribution in [2.75, 3.05) is 6.61 Å². The van der Waals surface area contributed by atoms with Crippen molar-refractivity contribution in [1.82, 2.24) is 9.55 Å². The van der Waals surface area contributed by atoms with E-state index in [1.807, 2.05) is 0 Å². The Morgan fingerprint density at radius 3 is 2.85 bits per heavy atom. The number of ether oxygens (including phenoxy) is 1. The van der Waals surface area contributed by atoms with Gasteiger partial charge in [-0.15, -0.1) is 0 Å². The first-order valence-electron chi connectivity index (χ1n) is 11.3. The van der Waals surface area contributed by atoms with Crippen LogP contribution in [0.15, 0.2) is 16.9 Å². The van der Waals surface area contributed by atoms with Gasteiger partial charge in [0.1, 0.15) is 12.4 Å². The summed E-state index contributed by atoms with van der Waals surface area (Å²) in [7, 11) is 0. The number of aliphatic hydroxyl groups is 2. The molecule has 6 rings (SSSR count). The van der Waals surface area contributed by atoms with Crippen LogP contribution in [-0.2, 0) is 29.1 Å². The molecule has 0 bridgehead atoms. The zero-order chi connectivity index (χ0) is 23.0. The second-order valence-electron chi connectivity index (χ2n) is 9.18. The van der Waals surface area contributed by atoms with E-state index in [0.29, 0.717) is 35.4 Å². The largest absolute Gasteiger partial charge is 0.458 e. The summed E-state index contributed by atoms with van der Waals surface area (Å²) in [5.41, 5.74) is 5.49. The number of hydrogen-bond acceptors (Lipinski definition) is 6. The highest BCUT2D eigenvalue weighted by Crippen LogP contribution is 2.47. The lowest BCUT2D eigenvalue weighted by Crippen LogP contribution is -2.32. The van der Waals surface area contributed by atoms with Crippen molar-refractivity contribution < 1.29 is 24.1 Å². The topological polar surface area (TPSA) is 102 Å². The molecule has 2 N–H and O–H groups in total. The number of rotatable bonds is 3. The number of aliphatic hydroxyl groups excluding tert-OH is 2. The fraction of sp³-hybridized carbons (Fsp3) is 0.400. The van der Waals surface area contributed by atoms with Gasteiger partial charge in [-0.1, -0.05) is 0 Å². The van der Waals surface area contributed by atoms with E-state index in [0.717, 1.165) is 41.3 Å². The molecule has 2 aliphatic heterocycles. The predicted molar refractivity (Wildman–Crippen MR) is 117 cm³/mol. The minimum Gasteiger partial charge on any atom is -0.458 e. The minimum absolute atomic E-state index is 0.0978. The number of aryl methyl sites for hydroxylation is 1. The normalized spacial score (nSPS) is 20.4. The van der Waals surface area contributed by atoms with Gasteiger partial charge in [0.25, 0.3) is 5.56 Å². The summed E-state index contributed by atoms with van der Waals surface area (Å²) in [5, 5.41) is 20.7. The quantitative estimate of drug-likeness (QED) is 0.466. The molecule has 0 saturated heterocycles. The number of benzene rings is 1. The molecule has 7 nitrogen and oxygen atoms in total. The molecule has 0 radical (unpaired) electrons. The summed E-state index contributed by atoms with van der Waals surface area (Å²) in [4.78, 5) is 30.0. The number of nitrogens with zero attached hydrogens (tertiary/aromatic N) is 2. The van der Waals surface area contributed by atoms with Crippen LogP contribution < -0.4 is 5.56 Å². The molecule has 0 fully saturated rings. The molecule has 4 heterocycles. The van der Waals surface area contributed by atoms with E-state index in [2.05, 4.69) is 0 Å². The fourth-order valence-corrected chi connectivity index (χ4v) is 5.82. The van der Waals surface area contributed by atoms with Crippen LogP contribution in [0.1, 0.15) is 64.7 Å². The third-order valence-electron chi connectivity index (χ3n) is 7.48. The molecular weight excluding hydrogens is 427 g/mol. The van der Waals surface area contributed by atoms with Crippen molar-refractivity contribution >= 4 is 16.9 Å². The Hall–Kier alpha value is -3.10. The predicted octanol–water partition coefficient (Wildman–Crippen LogP) is 2.77. The third-order valence-corrected chi connectivity index (χ3v) is 7.48. The summed E-state index contributed by atoms with van der Waals surface area (Å²) < 4.78 is 21.4. The summed E-state index contributed by atoms with van der Waals surface area (Å²) >= 11 is 0. The summed E-state index contributed by atoms with van der Waals surface area (Å²) in [5.74, 6) is -0.912. The SMILES string of the molecule is Cc1c(F)cc2nc3c(c4c2c1CCC4CCCO)Cn1c-3cc2c(c1=O)COC(=O)C2O. The lowest BCUT2D eigenvalue weighted by atomic mass is 9.76. The Labute approximate surface area is 188 Å². The Kier molecular flexibility index (Phi) is 4.47. The molecule has 0 saturated carbocycles. The van der Waals surface area contributed by atoms with Crippen LogP contribution in [0.3, 0.4) is 0 Å². The zero-order valence-corrected chi connectivity index (χ0v) is 18.2. The molecule has 2 unspecified atom stereocenters. The van der Waals surface area contributed by atoms with Gasteiger partial charge in [0.15, 0.2) is 6.10 Å². The Morgan fingerprint density at radius 1 is 1.24 bits per heavy atom. The van der Waals surface area contributed by atoms with Gasteiger partial charge in [-0.2, -0.15) is 0 Å². The number of fused-ring (bicyclic) bond motifs is 5. The summed E-state index contributed by atoms with van der Waals surface area (Å²) in [6, 6.07) is 3.11. The molecule has 170 valence electrons. The van der Waals surface area contributed by atoms with E-state index in [9.17, 15) is 24.2 Å². The van der Waals surface area contributed by atoms with E-state index in [1.54, 1.807) is 17.6 Å². The molecule has 3 aliphatic rings. The van der Waals surface area contributed by atoms with Gasteiger partial charge < -0.3 is 19.5 Å². The maximum atomic E-state index is 14.8. The van der Waals surface area contributed by atoms with Gasteiger partial charge in [0, 0.05) is 29.2 Å². The number of esters is 1. The van der Waals surface area contributed by atoms with Gasteiger partial charge >= 0.3 is 5.97 Å². The average Bonchev–Trinajstić information content (AvgIpc) is 3.17. The lowest BCUT2D eigenvalue weighted by molar-refractivity contribution is -0.157. The third kappa shape index (κ3) is 2.77.